The van der Waals surface area contributed by atoms with E-state index in [0.29, 0.717) is 10.9 Å². The Kier molecular flexibility index (Phi) is 3.28. The Morgan fingerprint density at radius 1 is 1.41 bits per heavy atom. The van der Waals surface area contributed by atoms with Gasteiger partial charge in [0.1, 0.15) is 0 Å². The number of carbonyl (C=O) groups excluding carboxylic acids is 1. The van der Waals surface area contributed by atoms with Gasteiger partial charge in [0.25, 0.3) is 0 Å². The maximum Gasteiger partial charge on any atom is 0.339 e. The zero-order valence-corrected chi connectivity index (χ0v) is 10.7. The summed E-state index contributed by atoms with van der Waals surface area (Å²) < 4.78 is 5.75. The molecule has 0 saturated heterocycles. The lowest BCUT2D eigenvalue weighted by Crippen LogP contribution is -2.12. The Bertz CT molecular complexity index is 633. The largest absolute Gasteiger partial charge is 0.462 e. The number of benzene rings is 1. The normalized spacial score (nSPS) is 10.5. The fourth-order valence-corrected chi connectivity index (χ4v) is 1.97. The van der Waals surface area contributed by atoms with E-state index in [9.17, 15) is 9.59 Å². The summed E-state index contributed by atoms with van der Waals surface area (Å²) in [6, 6.07) is 6.58. The first-order chi connectivity index (χ1) is 8.11. The number of pyridine rings is 1. The van der Waals surface area contributed by atoms with E-state index in [2.05, 4.69) is 20.9 Å². The van der Waals surface area contributed by atoms with Crippen molar-refractivity contribution in [2.24, 2.45) is 0 Å². The van der Waals surface area contributed by atoms with E-state index in [4.69, 9.17) is 4.74 Å². The number of halogens is 1. The molecule has 0 amide bonds. The molecule has 0 aliphatic rings. The molecule has 5 heteroatoms. The zero-order valence-electron chi connectivity index (χ0n) is 9.12. The molecule has 0 spiro atoms. The maximum absolute atomic E-state index is 11.7. The first-order valence-electron chi connectivity index (χ1n) is 5.11. The molecular formula is C12H10BrNO3. The van der Waals surface area contributed by atoms with Gasteiger partial charge in [0.05, 0.1) is 17.7 Å². The molecule has 0 bridgehead atoms. The van der Waals surface area contributed by atoms with Crippen molar-refractivity contribution < 1.29 is 9.53 Å². The third kappa shape index (κ3) is 2.39. The van der Waals surface area contributed by atoms with Crippen LogP contribution in [0, 0.1) is 0 Å². The van der Waals surface area contributed by atoms with Gasteiger partial charge in [-0.05, 0) is 19.1 Å². The van der Waals surface area contributed by atoms with E-state index in [1.165, 1.54) is 6.07 Å². The van der Waals surface area contributed by atoms with Crippen molar-refractivity contribution in [1.29, 1.82) is 0 Å². The number of aromatic amines is 1. The van der Waals surface area contributed by atoms with E-state index in [1.54, 1.807) is 19.1 Å². The van der Waals surface area contributed by atoms with Crippen molar-refractivity contribution in [2.45, 2.75) is 6.92 Å². The molecule has 0 fully saturated rings. The van der Waals surface area contributed by atoms with Crippen LogP contribution in [0.1, 0.15) is 17.3 Å². The molecule has 0 saturated carbocycles. The van der Waals surface area contributed by atoms with Gasteiger partial charge < -0.3 is 9.72 Å². The predicted molar refractivity (Wildman–Crippen MR) is 68.2 cm³/mol. The van der Waals surface area contributed by atoms with Gasteiger partial charge in [0.2, 0.25) is 5.56 Å². The number of H-pyrrole nitrogens is 1. The van der Waals surface area contributed by atoms with Crippen LogP contribution in [-0.4, -0.2) is 17.6 Å². The zero-order chi connectivity index (χ0) is 12.4. The number of rotatable bonds is 2. The highest BCUT2D eigenvalue weighted by molar-refractivity contribution is 9.10. The Morgan fingerprint density at radius 2 is 2.18 bits per heavy atom. The van der Waals surface area contributed by atoms with E-state index >= 15 is 0 Å². The molecule has 0 radical (unpaired) electrons. The third-order valence-corrected chi connectivity index (χ3v) is 2.79. The lowest BCUT2D eigenvalue weighted by atomic mass is 10.1. The summed E-state index contributed by atoms with van der Waals surface area (Å²) in [5, 5.41) is 0.672. The van der Waals surface area contributed by atoms with Crippen LogP contribution in [0.4, 0.5) is 0 Å². The van der Waals surface area contributed by atoms with Crippen LogP contribution in [0.5, 0.6) is 0 Å². The fourth-order valence-electron chi connectivity index (χ4n) is 1.61. The monoisotopic (exact) mass is 295 g/mol. The van der Waals surface area contributed by atoms with Crippen molar-refractivity contribution in [1.82, 2.24) is 4.98 Å². The molecule has 0 unspecified atom stereocenters. The van der Waals surface area contributed by atoms with Gasteiger partial charge in [-0.1, -0.05) is 22.0 Å². The Balaban J connectivity index is 2.70. The second-order valence-corrected chi connectivity index (χ2v) is 4.37. The fraction of sp³-hybridized carbons (Fsp3) is 0.167. The SMILES string of the molecule is CCOC(=O)c1cc(=O)[nH]c2cc(Br)ccc12. The second kappa shape index (κ2) is 4.71. The van der Waals surface area contributed by atoms with Gasteiger partial charge in [-0.25, -0.2) is 4.79 Å². The molecule has 1 heterocycles. The summed E-state index contributed by atoms with van der Waals surface area (Å²) in [5.41, 5.74) is 0.576. The molecule has 0 atom stereocenters. The molecular weight excluding hydrogens is 286 g/mol. The predicted octanol–water partition coefficient (Wildman–Crippen LogP) is 2.47. The molecule has 0 aliphatic heterocycles. The van der Waals surface area contributed by atoms with E-state index in [1.807, 2.05) is 6.07 Å². The van der Waals surface area contributed by atoms with Crippen LogP contribution >= 0.6 is 15.9 Å². The van der Waals surface area contributed by atoms with E-state index in [-0.39, 0.29) is 17.7 Å². The van der Waals surface area contributed by atoms with Gasteiger partial charge in [0, 0.05) is 15.9 Å². The van der Waals surface area contributed by atoms with Gasteiger partial charge >= 0.3 is 5.97 Å². The van der Waals surface area contributed by atoms with Crippen LogP contribution in [0.15, 0.2) is 33.5 Å². The highest BCUT2D eigenvalue weighted by atomic mass is 79.9. The van der Waals surface area contributed by atoms with Crippen LogP contribution < -0.4 is 5.56 Å². The smallest absolute Gasteiger partial charge is 0.339 e. The molecule has 2 rings (SSSR count). The van der Waals surface area contributed by atoms with E-state index in [0.717, 1.165) is 4.47 Å². The maximum atomic E-state index is 11.7. The highest BCUT2D eigenvalue weighted by Crippen LogP contribution is 2.20. The second-order valence-electron chi connectivity index (χ2n) is 3.46. The van der Waals surface area contributed by atoms with Crippen LogP contribution in [0.2, 0.25) is 0 Å². The van der Waals surface area contributed by atoms with Crippen molar-refractivity contribution in [3.63, 3.8) is 0 Å². The van der Waals surface area contributed by atoms with Gasteiger partial charge in [-0.3, -0.25) is 4.79 Å². The van der Waals surface area contributed by atoms with Crippen molar-refractivity contribution in [3.8, 4) is 0 Å². The minimum Gasteiger partial charge on any atom is -0.462 e. The molecule has 1 aromatic carbocycles. The number of carbonyl (C=O) groups is 1. The molecule has 4 nitrogen and oxygen atoms in total. The minimum absolute atomic E-state index is 0.281. The standard InChI is InChI=1S/C12H10BrNO3/c1-2-17-12(16)9-6-11(15)14-10-5-7(13)3-4-8(9)10/h3-6H,2H2,1H3,(H,14,15). The number of esters is 1. The number of fused-ring (bicyclic) bond motifs is 1. The van der Waals surface area contributed by atoms with Crippen molar-refractivity contribution in [2.75, 3.05) is 6.61 Å². The molecule has 88 valence electrons. The summed E-state index contributed by atoms with van der Waals surface area (Å²) in [6.45, 7) is 2.01. The minimum atomic E-state index is -0.481. The van der Waals surface area contributed by atoms with Crippen molar-refractivity contribution >= 4 is 32.8 Å². The van der Waals surface area contributed by atoms with Gasteiger partial charge in [0.15, 0.2) is 0 Å². The number of aromatic nitrogens is 1. The Labute approximate surface area is 106 Å². The van der Waals surface area contributed by atoms with Gasteiger partial charge in [-0.15, -0.1) is 0 Å². The molecule has 1 aromatic heterocycles. The van der Waals surface area contributed by atoms with Crippen LogP contribution in [0.3, 0.4) is 0 Å². The highest BCUT2D eigenvalue weighted by Gasteiger charge is 2.12. The lowest BCUT2D eigenvalue weighted by Gasteiger charge is -2.05. The summed E-state index contributed by atoms with van der Waals surface area (Å²) >= 11 is 3.31. The number of nitrogens with one attached hydrogen (secondary N) is 1. The van der Waals surface area contributed by atoms with E-state index < -0.39 is 5.97 Å². The number of ether oxygens (including phenoxy) is 1. The van der Waals surface area contributed by atoms with Gasteiger partial charge in [-0.2, -0.15) is 0 Å². The number of hydrogen-bond donors (Lipinski definition) is 1. The molecule has 17 heavy (non-hydrogen) atoms. The summed E-state index contributed by atoms with van der Waals surface area (Å²) in [6.07, 6.45) is 0. The summed E-state index contributed by atoms with van der Waals surface area (Å²) in [7, 11) is 0. The first kappa shape index (κ1) is 11.9. The summed E-state index contributed by atoms with van der Waals surface area (Å²) in [5.74, 6) is -0.481. The van der Waals surface area contributed by atoms with Crippen LogP contribution in [0.25, 0.3) is 10.9 Å². The first-order valence-corrected chi connectivity index (χ1v) is 5.91. The molecule has 0 aliphatic carbocycles. The Hall–Kier alpha value is -1.62. The molecule has 2 aromatic rings. The molecule has 1 N–H and O–H groups in total. The lowest BCUT2D eigenvalue weighted by molar-refractivity contribution is 0.0528. The summed E-state index contributed by atoms with van der Waals surface area (Å²) in [4.78, 5) is 25.8. The Morgan fingerprint density at radius 3 is 2.88 bits per heavy atom. The number of hydrogen-bond acceptors (Lipinski definition) is 3. The topological polar surface area (TPSA) is 59.2 Å². The van der Waals surface area contributed by atoms with Crippen molar-refractivity contribution in [3.05, 3.63) is 44.7 Å². The average Bonchev–Trinajstić information content (AvgIpc) is 2.27. The average molecular weight is 296 g/mol. The quantitative estimate of drug-likeness (QED) is 0.866. The third-order valence-electron chi connectivity index (χ3n) is 2.30. The van der Waals surface area contributed by atoms with Crippen LogP contribution in [-0.2, 0) is 4.74 Å².